The third-order valence-electron chi connectivity index (χ3n) is 5.79. The minimum Gasteiger partial charge on any atom is -0.493 e. The molecule has 1 aromatic rings. The van der Waals surface area contributed by atoms with Crippen LogP contribution < -0.4 is 9.47 Å². The van der Waals surface area contributed by atoms with Gasteiger partial charge in [0.25, 0.3) is 0 Å². The Morgan fingerprint density at radius 1 is 1.00 bits per heavy atom. The zero-order valence-corrected chi connectivity index (χ0v) is 17.2. The molecule has 2 aliphatic heterocycles. The number of benzene rings is 1. The second-order valence-electron chi connectivity index (χ2n) is 8.17. The highest BCUT2D eigenvalue weighted by Gasteiger charge is 2.18. The molecular formula is C22H36N2O4. The fourth-order valence-corrected chi connectivity index (χ4v) is 4.12. The summed E-state index contributed by atoms with van der Waals surface area (Å²) in [5, 5.41) is 20.0. The van der Waals surface area contributed by atoms with Crippen molar-refractivity contribution in [3.8, 4) is 11.5 Å². The van der Waals surface area contributed by atoms with Crippen LogP contribution in [-0.2, 0) is 6.54 Å². The van der Waals surface area contributed by atoms with Gasteiger partial charge in [-0.25, -0.2) is 0 Å². The SMILES string of the molecule is COc1cc(CN2CCC(O)CC2)ccc1OC[C@@H](O)CN1CCCCCC1. The van der Waals surface area contributed by atoms with E-state index in [9.17, 15) is 10.2 Å². The van der Waals surface area contributed by atoms with Crippen LogP contribution in [0.2, 0.25) is 0 Å². The number of rotatable bonds is 8. The first-order valence-corrected chi connectivity index (χ1v) is 10.7. The first-order valence-electron chi connectivity index (χ1n) is 10.7. The van der Waals surface area contributed by atoms with Gasteiger partial charge < -0.3 is 24.6 Å². The van der Waals surface area contributed by atoms with Gasteiger partial charge in [-0.2, -0.15) is 0 Å². The molecule has 0 aromatic heterocycles. The van der Waals surface area contributed by atoms with Crippen molar-refractivity contribution >= 4 is 0 Å². The van der Waals surface area contributed by atoms with Gasteiger partial charge in [-0.15, -0.1) is 0 Å². The van der Waals surface area contributed by atoms with Gasteiger partial charge in [0, 0.05) is 26.2 Å². The number of likely N-dealkylation sites (tertiary alicyclic amines) is 2. The van der Waals surface area contributed by atoms with Gasteiger partial charge in [0.15, 0.2) is 11.5 Å². The minimum atomic E-state index is -0.498. The van der Waals surface area contributed by atoms with Crippen molar-refractivity contribution in [1.82, 2.24) is 9.80 Å². The summed E-state index contributed by atoms with van der Waals surface area (Å²) < 4.78 is 11.4. The molecule has 1 atom stereocenters. The third-order valence-corrected chi connectivity index (χ3v) is 5.79. The Hall–Kier alpha value is -1.34. The molecule has 0 aliphatic carbocycles. The van der Waals surface area contributed by atoms with Gasteiger partial charge in [0.2, 0.25) is 0 Å². The molecule has 3 rings (SSSR count). The highest BCUT2D eigenvalue weighted by molar-refractivity contribution is 5.43. The maximum Gasteiger partial charge on any atom is 0.161 e. The second-order valence-corrected chi connectivity index (χ2v) is 8.17. The molecule has 2 heterocycles. The Bertz CT molecular complexity index is 582. The highest BCUT2D eigenvalue weighted by atomic mass is 16.5. The van der Waals surface area contributed by atoms with Gasteiger partial charge >= 0.3 is 0 Å². The summed E-state index contributed by atoms with van der Waals surface area (Å²) in [7, 11) is 1.65. The maximum absolute atomic E-state index is 10.4. The van der Waals surface area contributed by atoms with E-state index in [0.29, 0.717) is 18.0 Å². The molecule has 6 nitrogen and oxygen atoms in total. The molecule has 0 bridgehead atoms. The van der Waals surface area contributed by atoms with E-state index >= 15 is 0 Å². The van der Waals surface area contributed by atoms with Gasteiger partial charge in [-0.05, 0) is 56.5 Å². The van der Waals surface area contributed by atoms with Crippen molar-refractivity contribution in [2.45, 2.75) is 57.3 Å². The van der Waals surface area contributed by atoms with Crippen molar-refractivity contribution in [1.29, 1.82) is 0 Å². The van der Waals surface area contributed by atoms with Crippen LogP contribution in [0.3, 0.4) is 0 Å². The Labute approximate surface area is 169 Å². The lowest BCUT2D eigenvalue weighted by atomic mass is 10.1. The molecule has 2 fully saturated rings. The average Bonchev–Trinajstić information content (AvgIpc) is 2.97. The molecule has 0 amide bonds. The number of methoxy groups -OCH3 is 1. The monoisotopic (exact) mass is 392 g/mol. The van der Waals surface area contributed by atoms with Crippen LogP contribution in [-0.4, -0.2) is 78.7 Å². The number of nitrogens with zero attached hydrogens (tertiary/aromatic N) is 2. The van der Waals surface area contributed by atoms with E-state index in [1.54, 1.807) is 7.11 Å². The minimum absolute atomic E-state index is 0.151. The molecule has 2 aliphatic rings. The Morgan fingerprint density at radius 3 is 2.39 bits per heavy atom. The number of aliphatic hydroxyl groups is 2. The van der Waals surface area contributed by atoms with Crippen LogP contribution in [0.4, 0.5) is 0 Å². The lowest BCUT2D eigenvalue weighted by Crippen LogP contribution is -2.36. The molecule has 2 saturated heterocycles. The van der Waals surface area contributed by atoms with Crippen LogP contribution in [0.15, 0.2) is 18.2 Å². The van der Waals surface area contributed by atoms with Gasteiger partial charge in [0.1, 0.15) is 12.7 Å². The first kappa shape index (κ1) is 21.4. The smallest absolute Gasteiger partial charge is 0.161 e. The number of ether oxygens (including phenoxy) is 2. The highest BCUT2D eigenvalue weighted by Crippen LogP contribution is 2.29. The van der Waals surface area contributed by atoms with E-state index in [1.807, 2.05) is 12.1 Å². The molecule has 28 heavy (non-hydrogen) atoms. The van der Waals surface area contributed by atoms with Crippen molar-refractivity contribution in [2.24, 2.45) is 0 Å². The van der Waals surface area contributed by atoms with E-state index < -0.39 is 6.10 Å². The Balaban J connectivity index is 1.49. The van der Waals surface area contributed by atoms with E-state index in [4.69, 9.17) is 9.47 Å². The largest absolute Gasteiger partial charge is 0.493 e. The lowest BCUT2D eigenvalue weighted by Gasteiger charge is -2.29. The summed E-state index contributed by atoms with van der Waals surface area (Å²) in [6, 6.07) is 6.01. The number of hydrogen-bond acceptors (Lipinski definition) is 6. The predicted octanol–water partition coefficient (Wildman–Crippen LogP) is 2.27. The van der Waals surface area contributed by atoms with E-state index in [-0.39, 0.29) is 12.7 Å². The summed E-state index contributed by atoms with van der Waals surface area (Å²) in [5.41, 5.74) is 1.17. The zero-order chi connectivity index (χ0) is 19.8. The normalized spacial score (nSPS) is 21.2. The van der Waals surface area contributed by atoms with E-state index in [1.165, 1.54) is 31.2 Å². The van der Waals surface area contributed by atoms with Crippen molar-refractivity contribution < 1.29 is 19.7 Å². The van der Waals surface area contributed by atoms with Crippen molar-refractivity contribution in [3.63, 3.8) is 0 Å². The van der Waals surface area contributed by atoms with Crippen LogP contribution in [0.1, 0.15) is 44.1 Å². The molecule has 158 valence electrons. The number of aliphatic hydroxyl groups excluding tert-OH is 2. The quantitative estimate of drug-likeness (QED) is 0.708. The molecule has 0 unspecified atom stereocenters. The Kier molecular flexibility index (Phi) is 8.40. The molecule has 6 heteroatoms. The predicted molar refractivity (Wildman–Crippen MR) is 110 cm³/mol. The summed E-state index contributed by atoms with van der Waals surface area (Å²) in [6.45, 7) is 5.78. The fourth-order valence-electron chi connectivity index (χ4n) is 4.12. The number of piperidine rings is 1. The van der Waals surface area contributed by atoms with E-state index in [0.717, 1.165) is 45.6 Å². The molecule has 0 radical (unpaired) electrons. The number of β-amino-alcohol motifs (C(OH)–C–C–N with tert-alkyl or cyclic N) is 1. The molecule has 2 N–H and O–H groups in total. The maximum atomic E-state index is 10.4. The first-order chi connectivity index (χ1) is 13.6. The summed E-state index contributed by atoms with van der Waals surface area (Å²) in [5.74, 6) is 1.38. The molecular weight excluding hydrogens is 356 g/mol. The van der Waals surface area contributed by atoms with Gasteiger partial charge in [-0.3, -0.25) is 4.90 Å². The van der Waals surface area contributed by atoms with Crippen molar-refractivity contribution in [3.05, 3.63) is 23.8 Å². The number of hydrogen-bond donors (Lipinski definition) is 2. The lowest BCUT2D eigenvalue weighted by molar-refractivity contribution is 0.0682. The summed E-state index contributed by atoms with van der Waals surface area (Å²) >= 11 is 0. The zero-order valence-electron chi connectivity index (χ0n) is 17.2. The molecule has 0 saturated carbocycles. The summed E-state index contributed by atoms with van der Waals surface area (Å²) in [4.78, 5) is 4.70. The molecule has 1 aromatic carbocycles. The topological polar surface area (TPSA) is 65.4 Å². The van der Waals surface area contributed by atoms with Gasteiger partial charge in [0.05, 0.1) is 13.2 Å². The average molecular weight is 393 g/mol. The van der Waals surface area contributed by atoms with Gasteiger partial charge in [-0.1, -0.05) is 18.9 Å². The van der Waals surface area contributed by atoms with Crippen LogP contribution in [0.25, 0.3) is 0 Å². The second kappa shape index (κ2) is 11.0. The van der Waals surface area contributed by atoms with Crippen LogP contribution >= 0.6 is 0 Å². The molecule has 0 spiro atoms. The third kappa shape index (κ3) is 6.62. The summed E-state index contributed by atoms with van der Waals surface area (Å²) in [6.07, 6.45) is 6.07. The van der Waals surface area contributed by atoms with E-state index in [2.05, 4.69) is 15.9 Å². The van der Waals surface area contributed by atoms with Crippen LogP contribution in [0.5, 0.6) is 11.5 Å². The standard InChI is InChI=1S/C22H36N2O4/c1-27-22-14-18(15-24-12-8-19(25)9-13-24)6-7-21(22)28-17-20(26)16-23-10-4-2-3-5-11-23/h6-7,14,19-20,25-26H,2-5,8-13,15-17H2,1H3/t20-/m0/s1. The fraction of sp³-hybridized carbons (Fsp3) is 0.727. The van der Waals surface area contributed by atoms with Crippen LogP contribution in [0, 0.1) is 0 Å². The van der Waals surface area contributed by atoms with Crippen molar-refractivity contribution in [2.75, 3.05) is 46.4 Å². The Morgan fingerprint density at radius 2 is 1.71 bits per heavy atom.